The van der Waals surface area contributed by atoms with Crippen molar-refractivity contribution < 1.29 is 27.4 Å². The maximum absolute atomic E-state index is 13.2. The molecule has 12 heteroatoms. The maximum Gasteiger partial charge on any atom is 0.257 e. The number of aromatic nitrogens is 1. The van der Waals surface area contributed by atoms with Gasteiger partial charge in [0, 0.05) is 49.6 Å². The van der Waals surface area contributed by atoms with Crippen LogP contribution >= 0.6 is 0 Å². The highest BCUT2D eigenvalue weighted by molar-refractivity contribution is 7.90. The van der Waals surface area contributed by atoms with Crippen LogP contribution in [0.4, 0.5) is 17.2 Å². The van der Waals surface area contributed by atoms with Crippen molar-refractivity contribution in [2.24, 2.45) is 0 Å². The SMILES string of the molecule is CS(=O)(=O)CCNc1cc(Nc2ccc(C(=O)N3CCOCC3)c3c2OCCO3)nc2c1C(C#N)=CC2. The number of carbonyl (C=O) groups is 1. The molecular weight excluding hydrogens is 498 g/mol. The van der Waals surface area contributed by atoms with E-state index in [0.717, 1.165) is 0 Å². The van der Waals surface area contributed by atoms with E-state index in [-0.39, 0.29) is 18.2 Å². The van der Waals surface area contributed by atoms with Gasteiger partial charge in [-0.25, -0.2) is 13.4 Å². The largest absolute Gasteiger partial charge is 0.485 e. The Labute approximate surface area is 214 Å². The van der Waals surface area contributed by atoms with Crippen molar-refractivity contribution in [2.45, 2.75) is 6.42 Å². The van der Waals surface area contributed by atoms with Crippen molar-refractivity contribution >= 4 is 38.5 Å². The number of hydrogen-bond acceptors (Lipinski definition) is 10. The van der Waals surface area contributed by atoms with Crippen molar-refractivity contribution in [3.05, 3.63) is 41.1 Å². The molecule has 2 N–H and O–H groups in total. The molecule has 3 aliphatic rings. The first-order valence-electron chi connectivity index (χ1n) is 12.0. The number of amides is 1. The summed E-state index contributed by atoms with van der Waals surface area (Å²) in [7, 11) is -3.16. The summed E-state index contributed by atoms with van der Waals surface area (Å²) in [5.41, 5.74) is 3.50. The minimum absolute atomic E-state index is 0.0459. The Kier molecular flexibility index (Phi) is 6.90. The van der Waals surface area contributed by atoms with Gasteiger partial charge in [-0.05, 0) is 12.1 Å². The average molecular weight is 526 g/mol. The van der Waals surface area contributed by atoms with Gasteiger partial charge in [0.25, 0.3) is 5.91 Å². The monoisotopic (exact) mass is 525 g/mol. The molecule has 1 aromatic heterocycles. The summed E-state index contributed by atoms with van der Waals surface area (Å²) in [5, 5.41) is 15.9. The summed E-state index contributed by atoms with van der Waals surface area (Å²) in [6.07, 6.45) is 3.46. The Morgan fingerprint density at radius 2 is 1.89 bits per heavy atom. The molecule has 0 atom stereocenters. The Morgan fingerprint density at radius 3 is 2.62 bits per heavy atom. The van der Waals surface area contributed by atoms with Gasteiger partial charge in [-0.3, -0.25) is 4.79 Å². The van der Waals surface area contributed by atoms with E-state index in [0.29, 0.717) is 97.0 Å². The van der Waals surface area contributed by atoms with Crippen LogP contribution in [0.25, 0.3) is 5.57 Å². The van der Waals surface area contributed by atoms with Crippen molar-refractivity contribution in [3.8, 4) is 17.6 Å². The molecule has 37 heavy (non-hydrogen) atoms. The number of pyridine rings is 1. The lowest BCUT2D eigenvalue weighted by Gasteiger charge is -2.29. The zero-order chi connectivity index (χ0) is 26.0. The molecule has 0 spiro atoms. The Balaban J connectivity index is 1.45. The molecule has 1 aliphatic carbocycles. The van der Waals surface area contributed by atoms with Crippen LogP contribution in [0.5, 0.6) is 11.5 Å². The molecule has 1 aromatic carbocycles. The van der Waals surface area contributed by atoms with Crippen molar-refractivity contribution in [1.82, 2.24) is 9.88 Å². The summed E-state index contributed by atoms with van der Waals surface area (Å²) in [6.45, 7) is 2.88. The molecule has 0 unspecified atom stereocenters. The lowest BCUT2D eigenvalue weighted by Crippen LogP contribution is -2.41. The van der Waals surface area contributed by atoms with E-state index in [4.69, 9.17) is 14.2 Å². The van der Waals surface area contributed by atoms with Crippen molar-refractivity contribution in [2.75, 3.05) is 68.7 Å². The molecule has 1 amide bonds. The van der Waals surface area contributed by atoms with E-state index < -0.39 is 9.84 Å². The molecule has 2 aliphatic heterocycles. The van der Waals surface area contributed by atoms with Crippen LogP contribution in [0.1, 0.15) is 21.6 Å². The lowest BCUT2D eigenvalue weighted by molar-refractivity contribution is 0.0298. The van der Waals surface area contributed by atoms with E-state index in [1.807, 2.05) is 0 Å². The highest BCUT2D eigenvalue weighted by atomic mass is 32.2. The van der Waals surface area contributed by atoms with Gasteiger partial charge in [0.05, 0.1) is 47.6 Å². The van der Waals surface area contributed by atoms with Gasteiger partial charge >= 0.3 is 0 Å². The van der Waals surface area contributed by atoms with Crippen LogP contribution in [0, 0.1) is 11.3 Å². The van der Waals surface area contributed by atoms with Crippen LogP contribution in [0.3, 0.4) is 0 Å². The second-order valence-corrected chi connectivity index (χ2v) is 11.2. The molecule has 0 saturated carbocycles. The topological polar surface area (TPSA) is 143 Å². The number of carbonyl (C=O) groups excluding carboxylic acids is 1. The first-order chi connectivity index (χ1) is 17.8. The smallest absolute Gasteiger partial charge is 0.257 e. The summed E-state index contributed by atoms with van der Waals surface area (Å²) in [5.74, 6) is 1.11. The summed E-state index contributed by atoms with van der Waals surface area (Å²) < 4.78 is 40.4. The lowest BCUT2D eigenvalue weighted by atomic mass is 10.1. The van der Waals surface area contributed by atoms with E-state index >= 15 is 0 Å². The van der Waals surface area contributed by atoms with Crippen LogP contribution in [0.15, 0.2) is 24.3 Å². The second kappa shape index (κ2) is 10.3. The zero-order valence-electron chi connectivity index (χ0n) is 20.4. The van der Waals surface area contributed by atoms with Crippen LogP contribution in [-0.4, -0.2) is 82.3 Å². The summed E-state index contributed by atoms with van der Waals surface area (Å²) in [4.78, 5) is 19.6. The number of hydrogen-bond donors (Lipinski definition) is 2. The molecule has 5 rings (SSSR count). The fourth-order valence-corrected chi connectivity index (χ4v) is 4.97. The zero-order valence-corrected chi connectivity index (χ0v) is 21.2. The van der Waals surface area contributed by atoms with Crippen LogP contribution < -0.4 is 20.1 Å². The number of sulfone groups is 1. The van der Waals surface area contributed by atoms with Gasteiger partial charge in [0.1, 0.15) is 28.9 Å². The number of allylic oxidation sites excluding steroid dienone is 2. The number of ether oxygens (including phenoxy) is 3. The summed E-state index contributed by atoms with van der Waals surface area (Å²) >= 11 is 0. The highest BCUT2D eigenvalue weighted by Gasteiger charge is 2.28. The number of fused-ring (bicyclic) bond motifs is 2. The van der Waals surface area contributed by atoms with Gasteiger partial charge in [-0.1, -0.05) is 6.08 Å². The minimum atomic E-state index is -3.16. The molecule has 2 aromatic rings. The number of nitriles is 1. The maximum atomic E-state index is 13.2. The molecular formula is C25H27N5O6S. The molecule has 0 radical (unpaired) electrons. The van der Waals surface area contributed by atoms with E-state index in [9.17, 15) is 18.5 Å². The van der Waals surface area contributed by atoms with E-state index in [1.165, 1.54) is 6.26 Å². The number of anilines is 3. The standard InChI is InChI=1S/C25H27N5O6S/c1-37(32,33)13-6-27-20-14-21(28-18-4-2-16(15-26)22(18)20)29-19-5-3-17(23-24(19)36-12-11-35-23)25(31)30-7-9-34-10-8-30/h2-3,5,14H,4,6-13H2,1H3,(H2,27,28,29). The third-order valence-corrected chi connectivity index (χ3v) is 7.20. The van der Waals surface area contributed by atoms with E-state index in [1.54, 1.807) is 29.2 Å². The fourth-order valence-electron chi connectivity index (χ4n) is 4.50. The van der Waals surface area contributed by atoms with Gasteiger partial charge in [-0.2, -0.15) is 5.26 Å². The van der Waals surface area contributed by atoms with E-state index in [2.05, 4.69) is 21.7 Å². The molecule has 3 heterocycles. The molecule has 194 valence electrons. The number of nitrogens with zero attached hydrogens (tertiary/aromatic N) is 3. The van der Waals surface area contributed by atoms with Gasteiger partial charge < -0.3 is 29.7 Å². The average Bonchev–Trinajstić information content (AvgIpc) is 3.31. The minimum Gasteiger partial charge on any atom is -0.485 e. The normalized spacial score (nSPS) is 16.4. The second-order valence-electron chi connectivity index (χ2n) is 8.91. The van der Waals surface area contributed by atoms with Crippen molar-refractivity contribution in [3.63, 3.8) is 0 Å². The van der Waals surface area contributed by atoms with Crippen LogP contribution in [-0.2, 0) is 21.0 Å². The molecule has 11 nitrogen and oxygen atoms in total. The molecule has 1 fully saturated rings. The predicted octanol–water partition coefficient (Wildman–Crippen LogP) is 1.99. The quantitative estimate of drug-likeness (QED) is 0.551. The Bertz CT molecular complexity index is 1410. The van der Waals surface area contributed by atoms with Gasteiger partial charge in [0.15, 0.2) is 11.5 Å². The highest BCUT2D eigenvalue weighted by Crippen LogP contribution is 2.43. The number of nitrogens with one attached hydrogen (secondary N) is 2. The number of rotatable bonds is 7. The van der Waals surface area contributed by atoms with Crippen LogP contribution in [0.2, 0.25) is 0 Å². The Hall–Kier alpha value is -3.82. The molecule has 1 saturated heterocycles. The fraction of sp³-hybridized carbons (Fsp3) is 0.400. The number of morpholine rings is 1. The first-order valence-corrected chi connectivity index (χ1v) is 14.0. The predicted molar refractivity (Wildman–Crippen MR) is 137 cm³/mol. The Morgan fingerprint density at radius 1 is 1.14 bits per heavy atom. The first kappa shape index (κ1) is 24.9. The third kappa shape index (κ3) is 5.33. The van der Waals surface area contributed by atoms with Crippen molar-refractivity contribution in [1.29, 1.82) is 5.26 Å². The summed E-state index contributed by atoms with van der Waals surface area (Å²) in [6, 6.07) is 7.39. The van der Waals surface area contributed by atoms with Gasteiger partial charge in [0.2, 0.25) is 0 Å². The molecule has 0 bridgehead atoms. The van der Waals surface area contributed by atoms with Gasteiger partial charge in [-0.15, -0.1) is 0 Å². The third-order valence-electron chi connectivity index (χ3n) is 6.25. The number of benzene rings is 1.